The molecule has 1 atom stereocenters. The van der Waals surface area contributed by atoms with Gasteiger partial charge in [-0.25, -0.2) is 9.37 Å². The Balaban J connectivity index is 1.84. The molecule has 0 radical (unpaired) electrons. The van der Waals surface area contributed by atoms with Crippen LogP contribution in [0.3, 0.4) is 0 Å². The van der Waals surface area contributed by atoms with Crippen molar-refractivity contribution in [1.29, 1.82) is 0 Å². The van der Waals surface area contributed by atoms with E-state index in [0.717, 1.165) is 23.7 Å². The van der Waals surface area contributed by atoms with Crippen LogP contribution in [-0.4, -0.2) is 56.2 Å². The van der Waals surface area contributed by atoms with Crippen molar-refractivity contribution in [1.82, 2.24) is 10.3 Å². The van der Waals surface area contributed by atoms with Crippen molar-refractivity contribution in [2.45, 2.75) is 31.5 Å². The van der Waals surface area contributed by atoms with Crippen LogP contribution in [0.4, 0.5) is 10.2 Å². The van der Waals surface area contributed by atoms with Gasteiger partial charge in [0.15, 0.2) is 0 Å². The third-order valence-corrected chi connectivity index (χ3v) is 5.76. The molecule has 1 saturated heterocycles. The number of halogens is 1. The van der Waals surface area contributed by atoms with Crippen molar-refractivity contribution in [2.24, 2.45) is 0 Å². The lowest BCUT2D eigenvalue weighted by Gasteiger charge is -2.36. The smallest absolute Gasteiger partial charge is 0.254 e. The quantitative estimate of drug-likeness (QED) is 0.644. The molecule has 2 aromatic rings. The first-order valence-corrected chi connectivity index (χ1v) is 11.0. The number of hydrogen-bond acceptors (Lipinski definition) is 6. The monoisotopic (exact) mass is 433 g/mol. The van der Waals surface area contributed by atoms with Crippen molar-refractivity contribution < 1.29 is 18.7 Å². The van der Waals surface area contributed by atoms with Crippen molar-refractivity contribution in [3.8, 4) is 0 Å². The van der Waals surface area contributed by atoms with Gasteiger partial charge < -0.3 is 19.7 Å². The summed E-state index contributed by atoms with van der Waals surface area (Å²) in [6.45, 7) is 6.70. The van der Waals surface area contributed by atoms with E-state index in [-0.39, 0.29) is 24.3 Å². The molecule has 1 fully saturated rings. The van der Waals surface area contributed by atoms with Crippen LogP contribution in [-0.2, 0) is 16.0 Å². The number of hydrogen-bond donors (Lipinski definition) is 1. The second kappa shape index (κ2) is 10.7. The maximum absolute atomic E-state index is 13.4. The molecule has 1 aromatic heterocycles. The van der Waals surface area contributed by atoms with E-state index in [9.17, 15) is 9.18 Å². The van der Waals surface area contributed by atoms with Crippen molar-refractivity contribution in [2.75, 3.05) is 44.1 Å². The number of rotatable bonds is 8. The maximum atomic E-state index is 13.4. The number of benzene rings is 1. The fourth-order valence-electron chi connectivity index (χ4n) is 3.50. The largest absolute Gasteiger partial charge is 0.382 e. The number of anilines is 1. The lowest BCUT2D eigenvalue weighted by Crippen LogP contribution is -2.48. The summed E-state index contributed by atoms with van der Waals surface area (Å²) in [7, 11) is 1.68. The van der Waals surface area contributed by atoms with Crippen LogP contribution in [0.25, 0.3) is 0 Å². The Bertz CT molecular complexity index is 879. The summed E-state index contributed by atoms with van der Waals surface area (Å²) in [5, 5.41) is 3.60. The lowest BCUT2D eigenvalue weighted by molar-refractivity contribution is 0.0597. The van der Waals surface area contributed by atoms with Gasteiger partial charge in [0.05, 0.1) is 31.4 Å². The predicted molar refractivity (Wildman–Crippen MR) is 117 cm³/mol. The third-order valence-electron chi connectivity index (χ3n) is 4.90. The first kappa shape index (κ1) is 22.5. The first-order valence-electron chi connectivity index (χ1n) is 10.0. The molecule has 162 valence electrons. The third kappa shape index (κ3) is 5.50. The van der Waals surface area contributed by atoms with Gasteiger partial charge in [0.25, 0.3) is 5.91 Å². The zero-order valence-corrected chi connectivity index (χ0v) is 18.4. The van der Waals surface area contributed by atoms with Crippen LogP contribution in [0.5, 0.6) is 0 Å². The number of morpholine rings is 1. The van der Waals surface area contributed by atoms with Crippen LogP contribution >= 0.6 is 11.8 Å². The number of nitrogens with zero attached hydrogens (tertiary/aromatic N) is 2. The topological polar surface area (TPSA) is 63.7 Å². The molecule has 1 aliphatic heterocycles. The second-order valence-electron chi connectivity index (χ2n) is 7.10. The van der Waals surface area contributed by atoms with Crippen LogP contribution in [0.15, 0.2) is 35.4 Å². The highest BCUT2D eigenvalue weighted by Gasteiger charge is 2.26. The molecule has 1 aromatic carbocycles. The Morgan fingerprint density at radius 2 is 2.27 bits per heavy atom. The minimum absolute atomic E-state index is 0.0859. The van der Waals surface area contributed by atoms with Crippen LogP contribution in [0.1, 0.15) is 28.4 Å². The summed E-state index contributed by atoms with van der Waals surface area (Å²) in [5.41, 5.74) is 2.14. The fraction of sp³-hybridized carbons (Fsp3) is 0.455. The highest BCUT2D eigenvalue weighted by molar-refractivity contribution is 7.99. The highest BCUT2D eigenvalue weighted by Crippen LogP contribution is 2.29. The molecule has 0 spiro atoms. The van der Waals surface area contributed by atoms with Gasteiger partial charge in [-0.2, -0.15) is 0 Å². The maximum Gasteiger partial charge on any atom is 0.254 e. The van der Waals surface area contributed by atoms with Crippen molar-refractivity contribution in [3.05, 3.63) is 52.8 Å². The Labute approximate surface area is 181 Å². The van der Waals surface area contributed by atoms with E-state index in [1.54, 1.807) is 31.0 Å². The zero-order valence-electron chi connectivity index (χ0n) is 17.6. The van der Waals surface area contributed by atoms with Gasteiger partial charge in [0, 0.05) is 20.2 Å². The molecule has 1 aliphatic rings. The van der Waals surface area contributed by atoms with E-state index in [1.807, 2.05) is 19.9 Å². The zero-order chi connectivity index (χ0) is 21.5. The van der Waals surface area contributed by atoms with Gasteiger partial charge in [-0.15, -0.1) is 11.8 Å². The number of carbonyl (C=O) groups excluding carboxylic acids is 1. The van der Waals surface area contributed by atoms with Gasteiger partial charge in [-0.05, 0) is 42.0 Å². The van der Waals surface area contributed by atoms with Crippen LogP contribution in [0.2, 0.25) is 0 Å². The van der Waals surface area contributed by atoms with Crippen LogP contribution < -0.4 is 10.2 Å². The SMILES string of the molecule is CCSc1nc(N2CCOC[C@H]2COC)cc(C)c1C(=O)NCc1cccc(F)c1. The summed E-state index contributed by atoms with van der Waals surface area (Å²) in [6.07, 6.45) is 0. The Kier molecular flexibility index (Phi) is 8.07. The number of aromatic nitrogens is 1. The molecular formula is C22H28FN3O3S. The van der Waals surface area contributed by atoms with Gasteiger partial charge >= 0.3 is 0 Å². The normalized spacial score (nSPS) is 16.5. The van der Waals surface area contributed by atoms with Crippen molar-refractivity contribution in [3.63, 3.8) is 0 Å². The van der Waals surface area contributed by atoms with Crippen molar-refractivity contribution >= 4 is 23.5 Å². The standard InChI is InChI=1S/C22H28FN3O3S/c1-4-30-22-20(21(27)24-12-16-6-5-7-17(23)11-16)15(2)10-19(25-22)26-8-9-29-14-18(26)13-28-3/h5-7,10-11,18H,4,8-9,12-14H2,1-3H3,(H,24,27)/t18-/m1/s1. The molecular weight excluding hydrogens is 405 g/mol. The van der Waals surface area contributed by atoms with Gasteiger partial charge in [0.1, 0.15) is 16.7 Å². The average molecular weight is 434 g/mol. The van der Waals surface area contributed by atoms with E-state index >= 15 is 0 Å². The number of ether oxygens (including phenoxy) is 2. The molecule has 1 amide bonds. The number of aryl methyl sites for hydroxylation is 1. The van der Waals surface area contributed by atoms with E-state index < -0.39 is 0 Å². The minimum atomic E-state index is -0.317. The van der Waals surface area contributed by atoms with Crippen LogP contribution in [0, 0.1) is 12.7 Å². The summed E-state index contributed by atoms with van der Waals surface area (Å²) in [6, 6.07) is 8.26. The lowest BCUT2D eigenvalue weighted by atomic mass is 10.1. The molecule has 30 heavy (non-hydrogen) atoms. The summed E-state index contributed by atoms with van der Waals surface area (Å²) in [5.74, 6) is 1.10. The average Bonchev–Trinajstić information content (AvgIpc) is 2.73. The Morgan fingerprint density at radius 3 is 3.00 bits per heavy atom. The predicted octanol–water partition coefficient (Wildman–Crippen LogP) is 3.42. The van der Waals surface area contributed by atoms with Gasteiger partial charge in [-0.3, -0.25) is 4.79 Å². The summed E-state index contributed by atoms with van der Waals surface area (Å²) >= 11 is 1.54. The highest BCUT2D eigenvalue weighted by atomic mass is 32.2. The summed E-state index contributed by atoms with van der Waals surface area (Å²) < 4.78 is 24.3. The number of nitrogens with one attached hydrogen (secondary N) is 1. The number of thioether (sulfide) groups is 1. The fourth-order valence-corrected chi connectivity index (χ4v) is 4.33. The van der Waals surface area contributed by atoms with Gasteiger partial charge in [-0.1, -0.05) is 19.1 Å². The molecule has 0 bridgehead atoms. The van der Waals surface area contributed by atoms with E-state index in [4.69, 9.17) is 14.5 Å². The van der Waals surface area contributed by atoms with E-state index in [2.05, 4.69) is 10.2 Å². The molecule has 1 N–H and O–H groups in total. The Morgan fingerprint density at radius 1 is 1.43 bits per heavy atom. The molecule has 0 unspecified atom stereocenters. The van der Waals surface area contributed by atoms with E-state index in [1.165, 1.54) is 12.1 Å². The number of carbonyl (C=O) groups is 1. The van der Waals surface area contributed by atoms with Gasteiger partial charge in [0.2, 0.25) is 0 Å². The molecule has 2 heterocycles. The number of pyridine rings is 1. The molecule has 0 aliphatic carbocycles. The summed E-state index contributed by atoms with van der Waals surface area (Å²) in [4.78, 5) is 20.0. The second-order valence-corrected chi connectivity index (χ2v) is 8.35. The van der Waals surface area contributed by atoms with E-state index in [0.29, 0.717) is 36.0 Å². The molecule has 8 heteroatoms. The Hall–Kier alpha value is -2.16. The molecule has 0 saturated carbocycles. The first-order chi connectivity index (χ1) is 14.5. The number of methoxy groups -OCH3 is 1. The number of amides is 1. The molecule has 3 rings (SSSR count). The molecule has 6 nitrogen and oxygen atoms in total. The minimum Gasteiger partial charge on any atom is -0.382 e.